The molecule has 3 nitrogen and oxygen atoms in total. The lowest BCUT2D eigenvalue weighted by atomic mass is 10.0. The van der Waals surface area contributed by atoms with Gasteiger partial charge in [-0.1, -0.05) is 24.8 Å². The van der Waals surface area contributed by atoms with Crippen LogP contribution >= 0.6 is 11.8 Å². The van der Waals surface area contributed by atoms with Crippen LogP contribution in [0.25, 0.3) is 0 Å². The molecule has 1 aromatic rings. The minimum atomic E-state index is -0.195. The Kier molecular flexibility index (Phi) is 5.72. The molecule has 1 fully saturated rings. The molecule has 0 bridgehead atoms. The third kappa shape index (κ3) is 4.03. The van der Waals surface area contributed by atoms with Crippen molar-refractivity contribution >= 4 is 17.7 Å². The smallest absolute Gasteiger partial charge is 0.255 e. The Bertz CT molecular complexity index is 574. The van der Waals surface area contributed by atoms with Crippen LogP contribution in [0.2, 0.25) is 0 Å². The van der Waals surface area contributed by atoms with Crippen LogP contribution in [0.4, 0.5) is 0 Å². The number of nitrogens with zero attached hydrogens (tertiary/aromatic N) is 1. The number of amides is 1. The van der Waals surface area contributed by atoms with Crippen molar-refractivity contribution in [2.45, 2.75) is 25.5 Å². The zero-order valence-corrected chi connectivity index (χ0v) is 13.4. The molecule has 1 N–H and O–H groups in total. The summed E-state index contributed by atoms with van der Waals surface area (Å²) >= 11 is 1.95. The summed E-state index contributed by atoms with van der Waals surface area (Å²) in [7, 11) is 0. The molecule has 0 spiro atoms. The molecule has 2 rings (SSSR count). The van der Waals surface area contributed by atoms with Gasteiger partial charge in [0, 0.05) is 29.7 Å². The largest absolute Gasteiger partial charge is 0.384 e. The topological polar surface area (TPSA) is 40.5 Å². The van der Waals surface area contributed by atoms with Gasteiger partial charge in [-0.2, -0.15) is 11.8 Å². The third-order valence-corrected chi connectivity index (χ3v) is 4.96. The molecule has 1 heterocycles. The maximum Gasteiger partial charge on any atom is 0.255 e. The molecule has 4 heteroatoms. The molecule has 1 aromatic carbocycles. The monoisotopic (exact) mass is 303 g/mol. The number of benzene rings is 1. The second-order valence-corrected chi connectivity index (χ2v) is 6.57. The second-order valence-electron chi connectivity index (χ2n) is 5.16. The van der Waals surface area contributed by atoms with Crippen LogP contribution in [0.15, 0.2) is 18.2 Å². The van der Waals surface area contributed by atoms with Gasteiger partial charge in [0.15, 0.2) is 0 Å². The van der Waals surface area contributed by atoms with Gasteiger partial charge in [0.2, 0.25) is 0 Å². The number of hydrogen-bond acceptors (Lipinski definition) is 3. The van der Waals surface area contributed by atoms with Crippen LogP contribution in [0.1, 0.15) is 34.8 Å². The second kappa shape index (κ2) is 7.53. The number of thioether (sulfide) groups is 1. The van der Waals surface area contributed by atoms with Crippen LogP contribution in [0.5, 0.6) is 0 Å². The van der Waals surface area contributed by atoms with Crippen LogP contribution in [0.3, 0.4) is 0 Å². The number of hydrogen-bond donors (Lipinski definition) is 1. The number of carbonyl (C=O) groups is 1. The molecule has 1 aliphatic rings. The molecule has 1 saturated heterocycles. The Morgan fingerprint density at radius 3 is 3.05 bits per heavy atom. The van der Waals surface area contributed by atoms with Crippen molar-refractivity contribution in [1.29, 1.82) is 0 Å². The summed E-state index contributed by atoms with van der Waals surface area (Å²) in [5.41, 5.74) is 2.41. The van der Waals surface area contributed by atoms with E-state index in [1.807, 2.05) is 41.8 Å². The van der Waals surface area contributed by atoms with Crippen LogP contribution in [0, 0.1) is 18.8 Å². The van der Waals surface area contributed by atoms with E-state index in [0.717, 1.165) is 30.8 Å². The number of aliphatic hydroxyl groups excluding tert-OH is 1. The molecule has 0 aromatic heterocycles. The molecule has 0 radical (unpaired) electrons. The van der Waals surface area contributed by atoms with E-state index in [-0.39, 0.29) is 12.5 Å². The molecule has 1 aliphatic heterocycles. The van der Waals surface area contributed by atoms with Crippen LogP contribution in [-0.2, 0) is 0 Å². The molecule has 112 valence electrons. The van der Waals surface area contributed by atoms with Gasteiger partial charge in [-0.15, -0.1) is 0 Å². The average Bonchev–Trinajstić information content (AvgIpc) is 2.52. The fourth-order valence-corrected chi connectivity index (χ4v) is 3.58. The lowest BCUT2D eigenvalue weighted by Crippen LogP contribution is -2.42. The number of aryl methyl sites for hydroxylation is 1. The van der Waals surface area contributed by atoms with Crippen molar-refractivity contribution in [3.63, 3.8) is 0 Å². The van der Waals surface area contributed by atoms with Crippen LogP contribution in [-0.4, -0.2) is 46.6 Å². The van der Waals surface area contributed by atoms with E-state index in [9.17, 15) is 4.79 Å². The quantitative estimate of drug-likeness (QED) is 0.852. The first-order valence-corrected chi connectivity index (χ1v) is 8.31. The first-order chi connectivity index (χ1) is 10.2. The normalized spacial score (nSPS) is 18.0. The maximum absolute atomic E-state index is 12.7. The zero-order chi connectivity index (χ0) is 15.2. The van der Waals surface area contributed by atoms with Gasteiger partial charge in [0.05, 0.1) is 5.56 Å². The molecular weight excluding hydrogens is 282 g/mol. The number of carbonyl (C=O) groups excluding carboxylic acids is 1. The summed E-state index contributed by atoms with van der Waals surface area (Å²) in [4.78, 5) is 14.7. The van der Waals surface area contributed by atoms with Crippen molar-refractivity contribution in [2.75, 3.05) is 25.4 Å². The lowest BCUT2D eigenvalue weighted by Gasteiger charge is -2.32. The number of aliphatic hydroxyl groups is 1. The first-order valence-electron chi connectivity index (χ1n) is 7.27. The predicted octanol–water partition coefficient (Wildman–Crippen LogP) is 2.31. The minimum absolute atomic E-state index is 0.0518. The highest BCUT2D eigenvalue weighted by atomic mass is 32.2. The fourth-order valence-electron chi connectivity index (χ4n) is 2.40. The molecule has 0 aliphatic carbocycles. The molecule has 1 atom stereocenters. The third-order valence-electron chi connectivity index (χ3n) is 3.59. The van der Waals surface area contributed by atoms with E-state index in [0.29, 0.717) is 16.4 Å². The molecule has 21 heavy (non-hydrogen) atoms. The molecule has 0 saturated carbocycles. The molecule has 1 unspecified atom stereocenters. The number of rotatable bonds is 2. The molecule has 1 amide bonds. The van der Waals surface area contributed by atoms with Gasteiger partial charge in [-0.25, -0.2) is 0 Å². The molecular formula is C17H21NO2S. The van der Waals surface area contributed by atoms with Gasteiger partial charge in [-0.05, 0) is 31.0 Å². The van der Waals surface area contributed by atoms with Crippen molar-refractivity contribution in [3.05, 3.63) is 34.9 Å². The average molecular weight is 303 g/mol. The zero-order valence-electron chi connectivity index (χ0n) is 12.6. The first kappa shape index (κ1) is 15.9. The maximum atomic E-state index is 12.7. The highest BCUT2D eigenvalue weighted by molar-refractivity contribution is 8.00. The standard InChI is InChI=1S/C17H21NO2S/c1-3-15-12-18(8-10-21-15)17(20)16-7-6-13(2)11-14(16)5-4-9-19/h6-7,11,15,19H,3,8-10,12H2,1-2H3. The van der Waals surface area contributed by atoms with E-state index in [2.05, 4.69) is 18.8 Å². The summed E-state index contributed by atoms with van der Waals surface area (Å²) in [5.74, 6) is 6.58. The van der Waals surface area contributed by atoms with E-state index in [4.69, 9.17) is 5.11 Å². The highest BCUT2D eigenvalue weighted by Crippen LogP contribution is 2.23. The Hall–Kier alpha value is -1.44. The minimum Gasteiger partial charge on any atom is -0.384 e. The van der Waals surface area contributed by atoms with Gasteiger partial charge in [0.25, 0.3) is 5.91 Å². The van der Waals surface area contributed by atoms with Crippen molar-refractivity contribution in [3.8, 4) is 11.8 Å². The van der Waals surface area contributed by atoms with Gasteiger partial charge in [-0.3, -0.25) is 4.79 Å². The van der Waals surface area contributed by atoms with Crippen molar-refractivity contribution < 1.29 is 9.90 Å². The lowest BCUT2D eigenvalue weighted by molar-refractivity contribution is 0.0760. The summed E-state index contributed by atoms with van der Waals surface area (Å²) in [6.45, 7) is 5.54. The fraction of sp³-hybridized carbons (Fsp3) is 0.471. The van der Waals surface area contributed by atoms with E-state index in [1.54, 1.807) is 0 Å². The van der Waals surface area contributed by atoms with Crippen molar-refractivity contribution in [2.24, 2.45) is 0 Å². The van der Waals surface area contributed by atoms with E-state index in [1.165, 1.54) is 0 Å². The van der Waals surface area contributed by atoms with Gasteiger partial charge in [0.1, 0.15) is 6.61 Å². The van der Waals surface area contributed by atoms with Gasteiger partial charge < -0.3 is 10.0 Å². The predicted molar refractivity (Wildman–Crippen MR) is 87.6 cm³/mol. The SMILES string of the molecule is CCC1CN(C(=O)c2ccc(C)cc2C#CCO)CCS1. The summed E-state index contributed by atoms with van der Waals surface area (Å²) in [6.07, 6.45) is 1.08. The Morgan fingerprint density at radius 2 is 2.33 bits per heavy atom. The van der Waals surface area contributed by atoms with Crippen LogP contribution < -0.4 is 0 Å². The van der Waals surface area contributed by atoms with Gasteiger partial charge >= 0.3 is 0 Å². The Labute approximate surface area is 130 Å². The van der Waals surface area contributed by atoms with E-state index >= 15 is 0 Å². The summed E-state index contributed by atoms with van der Waals surface area (Å²) < 4.78 is 0. The van der Waals surface area contributed by atoms with E-state index < -0.39 is 0 Å². The summed E-state index contributed by atoms with van der Waals surface area (Å²) in [6, 6.07) is 5.70. The Balaban J connectivity index is 2.26. The van der Waals surface area contributed by atoms with Crippen molar-refractivity contribution in [1.82, 2.24) is 4.90 Å². The summed E-state index contributed by atoms with van der Waals surface area (Å²) in [5, 5.41) is 9.40. The Morgan fingerprint density at radius 1 is 1.52 bits per heavy atom. The highest BCUT2D eigenvalue weighted by Gasteiger charge is 2.25.